The Hall–Kier alpha value is -3.03. The van der Waals surface area contributed by atoms with Gasteiger partial charge in [0, 0.05) is 18.7 Å². The van der Waals surface area contributed by atoms with Crippen LogP contribution in [0.1, 0.15) is 27.0 Å². The number of nitrogens with one attached hydrogen (secondary N) is 2. The summed E-state index contributed by atoms with van der Waals surface area (Å²) in [7, 11) is -3.58. The van der Waals surface area contributed by atoms with Crippen LogP contribution in [0.25, 0.3) is 0 Å². The minimum atomic E-state index is -3.58. The second kappa shape index (κ2) is 8.98. The first-order valence-corrected chi connectivity index (χ1v) is 10.5. The lowest BCUT2D eigenvalue weighted by Crippen LogP contribution is -2.23. The lowest BCUT2D eigenvalue weighted by atomic mass is 10.1. The van der Waals surface area contributed by atoms with E-state index >= 15 is 0 Å². The lowest BCUT2D eigenvalue weighted by molar-refractivity contribution is 0.0950. The van der Waals surface area contributed by atoms with Gasteiger partial charge in [0.15, 0.2) is 0 Å². The van der Waals surface area contributed by atoms with Crippen molar-refractivity contribution in [2.24, 2.45) is 0 Å². The fraction of sp³-hybridized carbons (Fsp3) is 0.136. The first-order chi connectivity index (χ1) is 13.8. The van der Waals surface area contributed by atoms with Crippen molar-refractivity contribution in [1.29, 1.82) is 0 Å². The molecular weight excluding hydrogens is 391 g/mol. The average Bonchev–Trinajstić information content (AvgIpc) is 2.71. The summed E-state index contributed by atoms with van der Waals surface area (Å²) in [6.45, 7) is 2.34. The van der Waals surface area contributed by atoms with E-state index < -0.39 is 15.8 Å². The van der Waals surface area contributed by atoms with Crippen LogP contribution in [0.5, 0.6) is 0 Å². The Kier molecular flexibility index (Phi) is 6.41. The zero-order chi connectivity index (χ0) is 20.9. The van der Waals surface area contributed by atoms with Crippen molar-refractivity contribution >= 4 is 15.9 Å². The molecule has 29 heavy (non-hydrogen) atoms. The zero-order valence-electron chi connectivity index (χ0n) is 15.9. The molecule has 0 radical (unpaired) electrons. The molecular formula is C22H21FN2O3S. The maximum Gasteiger partial charge on any atom is 0.251 e. The highest BCUT2D eigenvalue weighted by molar-refractivity contribution is 7.89. The van der Waals surface area contributed by atoms with Crippen LogP contribution in [0.15, 0.2) is 77.7 Å². The van der Waals surface area contributed by atoms with Gasteiger partial charge >= 0.3 is 0 Å². The normalized spacial score (nSPS) is 11.2. The van der Waals surface area contributed by atoms with Gasteiger partial charge in [0.1, 0.15) is 5.82 Å². The number of carbonyl (C=O) groups excluding carboxylic acids is 1. The molecule has 5 nitrogen and oxygen atoms in total. The molecule has 7 heteroatoms. The molecule has 0 aromatic heterocycles. The van der Waals surface area contributed by atoms with Crippen molar-refractivity contribution in [2.45, 2.75) is 24.9 Å². The molecule has 0 spiro atoms. The van der Waals surface area contributed by atoms with E-state index in [1.54, 1.807) is 54.6 Å². The van der Waals surface area contributed by atoms with Gasteiger partial charge in [-0.2, -0.15) is 0 Å². The van der Waals surface area contributed by atoms with E-state index in [-0.39, 0.29) is 29.5 Å². The zero-order valence-corrected chi connectivity index (χ0v) is 16.7. The van der Waals surface area contributed by atoms with Gasteiger partial charge in [-0.1, -0.05) is 48.0 Å². The maximum atomic E-state index is 13.2. The highest BCUT2D eigenvalue weighted by Crippen LogP contribution is 2.12. The predicted molar refractivity (Wildman–Crippen MR) is 109 cm³/mol. The van der Waals surface area contributed by atoms with Crippen LogP contribution < -0.4 is 10.0 Å². The maximum absolute atomic E-state index is 13.2. The summed E-state index contributed by atoms with van der Waals surface area (Å²) >= 11 is 0. The molecule has 0 aliphatic rings. The molecule has 0 saturated heterocycles. The van der Waals surface area contributed by atoms with Crippen molar-refractivity contribution in [1.82, 2.24) is 10.0 Å². The van der Waals surface area contributed by atoms with Gasteiger partial charge in [-0.3, -0.25) is 4.79 Å². The summed E-state index contributed by atoms with van der Waals surface area (Å²) in [6, 6.07) is 19.3. The van der Waals surface area contributed by atoms with Crippen molar-refractivity contribution in [2.75, 3.05) is 0 Å². The van der Waals surface area contributed by atoms with Gasteiger partial charge in [0.2, 0.25) is 10.0 Å². The summed E-state index contributed by atoms with van der Waals surface area (Å²) in [5.74, 6) is -0.825. The number of halogens is 1. The fourth-order valence-corrected chi connectivity index (χ4v) is 3.69. The Morgan fingerprint density at radius 2 is 1.52 bits per heavy atom. The van der Waals surface area contributed by atoms with Crippen LogP contribution in [-0.4, -0.2) is 14.3 Å². The third-order valence-electron chi connectivity index (χ3n) is 4.36. The number of hydrogen-bond acceptors (Lipinski definition) is 3. The summed E-state index contributed by atoms with van der Waals surface area (Å²) in [5, 5.41) is 2.73. The highest BCUT2D eigenvalue weighted by atomic mass is 32.2. The number of benzene rings is 3. The smallest absolute Gasteiger partial charge is 0.251 e. The second-order valence-electron chi connectivity index (χ2n) is 6.65. The Morgan fingerprint density at radius 3 is 2.14 bits per heavy atom. The topological polar surface area (TPSA) is 75.3 Å². The molecule has 0 fully saturated rings. The van der Waals surface area contributed by atoms with E-state index in [0.29, 0.717) is 0 Å². The highest BCUT2D eigenvalue weighted by Gasteiger charge is 2.13. The second-order valence-corrected chi connectivity index (χ2v) is 8.41. The third kappa shape index (κ3) is 5.73. The Morgan fingerprint density at radius 1 is 0.897 bits per heavy atom. The van der Waals surface area contributed by atoms with E-state index in [1.807, 2.05) is 6.92 Å². The standard InChI is InChI=1S/C22H21FN2O3S/c1-16-5-11-21(12-6-16)29(27,28)25-15-18-9-7-17(8-10-18)14-24-22(26)19-3-2-4-20(23)13-19/h2-13,25H,14-15H2,1H3,(H,24,26). The molecule has 0 bridgehead atoms. The molecule has 3 rings (SSSR count). The Balaban J connectivity index is 1.55. The first-order valence-electron chi connectivity index (χ1n) is 9.01. The van der Waals surface area contributed by atoms with Crippen LogP contribution in [0.2, 0.25) is 0 Å². The quantitative estimate of drug-likeness (QED) is 0.623. The molecule has 3 aromatic rings. The SMILES string of the molecule is Cc1ccc(S(=O)(=O)NCc2ccc(CNC(=O)c3cccc(F)c3)cc2)cc1. The van der Waals surface area contributed by atoms with Gasteiger partial charge in [-0.05, 0) is 48.4 Å². The van der Waals surface area contributed by atoms with Crippen LogP contribution >= 0.6 is 0 Å². The first kappa shape index (κ1) is 20.7. The number of sulfonamides is 1. The molecule has 2 N–H and O–H groups in total. The minimum Gasteiger partial charge on any atom is -0.348 e. The Labute approximate surface area is 169 Å². The molecule has 0 aliphatic heterocycles. The predicted octanol–water partition coefficient (Wildman–Crippen LogP) is 3.54. The van der Waals surface area contributed by atoms with E-state index in [9.17, 15) is 17.6 Å². The summed E-state index contributed by atoms with van der Waals surface area (Å²) in [6.07, 6.45) is 0. The van der Waals surface area contributed by atoms with Crippen LogP contribution in [0.3, 0.4) is 0 Å². The Bertz CT molecular complexity index is 1100. The summed E-state index contributed by atoms with van der Waals surface area (Å²) < 4.78 is 40.4. The minimum absolute atomic E-state index is 0.159. The molecule has 0 unspecified atom stereocenters. The van der Waals surface area contributed by atoms with Crippen molar-refractivity contribution in [3.8, 4) is 0 Å². The fourth-order valence-electron chi connectivity index (χ4n) is 2.67. The van der Waals surface area contributed by atoms with E-state index in [1.165, 1.54) is 18.2 Å². The van der Waals surface area contributed by atoms with E-state index in [4.69, 9.17) is 0 Å². The number of hydrogen-bond donors (Lipinski definition) is 2. The number of amides is 1. The average molecular weight is 412 g/mol. The van der Waals surface area contributed by atoms with Crippen molar-refractivity contribution < 1.29 is 17.6 Å². The van der Waals surface area contributed by atoms with Crippen LogP contribution in [-0.2, 0) is 23.1 Å². The molecule has 3 aromatic carbocycles. The molecule has 0 atom stereocenters. The molecule has 150 valence electrons. The van der Waals surface area contributed by atoms with Crippen molar-refractivity contribution in [3.05, 3.63) is 101 Å². The largest absolute Gasteiger partial charge is 0.348 e. The molecule has 0 heterocycles. The number of rotatable bonds is 7. The van der Waals surface area contributed by atoms with Gasteiger partial charge in [-0.15, -0.1) is 0 Å². The monoisotopic (exact) mass is 412 g/mol. The van der Waals surface area contributed by atoms with Crippen LogP contribution in [0, 0.1) is 12.7 Å². The summed E-state index contributed by atoms with van der Waals surface area (Å²) in [4.78, 5) is 12.3. The van der Waals surface area contributed by atoms with E-state index in [0.717, 1.165) is 16.7 Å². The molecule has 1 amide bonds. The lowest BCUT2D eigenvalue weighted by Gasteiger charge is -2.09. The van der Waals surface area contributed by atoms with Gasteiger partial charge in [0.25, 0.3) is 5.91 Å². The van der Waals surface area contributed by atoms with Crippen molar-refractivity contribution in [3.63, 3.8) is 0 Å². The number of carbonyl (C=O) groups is 1. The van der Waals surface area contributed by atoms with E-state index in [2.05, 4.69) is 10.0 Å². The van der Waals surface area contributed by atoms with Crippen LogP contribution in [0.4, 0.5) is 4.39 Å². The van der Waals surface area contributed by atoms with Gasteiger partial charge < -0.3 is 5.32 Å². The van der Waals surface area contributed by atoms with Gasteiger partial charge in [0.05, 0.1) is 4.90 Å². The summed E-state index contributed by atoms with van der Waals surface area (Å²) in [5.41, 5.74) is 2.89. The number of aryl methyl sites for hydroxylation is 1. The molecule has 0 aliphatic carbocycles. The van der Waals surface area contributed by atoms with Gasteiger partial charge in [-0.25, -0.2) is 17.5 Å². The third-order valence-corrected chi connectivity index (χ3v) is 5.78. The molecule has 0 saturated carbocycles.